The Morgan fingerprint density at radius 1 is 0.971 bits per heavy atom. The highest BCUT2D eigenvalue weighted by Crippen LogP contribution is 2.34. The van der Waals surface area contributed by atoms with E-state index < -0.39 is 27.1 Å². The predicted molar refractivity (Wildman–Crippen MR) is 123 cm³/mol. The number of nitro groups is 2. The monoisotopic (exact) mass is 464 g/mol. The van der Waals surface area contributed by atoms with Gasteiger partial charge < -0.3 is 9.47 Å². The molecule has 1 N–H and O–H groups in total. The fourth-order valence-corrected chi connectivity index (χ4v) is 3.01. The van der Waals surface area contributed by atoms with Crippen LogP contribution in [-0.4, -0.2) is 28.6 Å². The molecular weight excluding hydrogens is 444 g/mol. The van der Waals surface area contributed by atoms with Gasteiger partial charge in [0.05, 0.1) is 22.1 Å². The number of benzene rings is 3. The number of nitrogens with one attached hydrogen (secondary N) is 1. The summed E-state index contributed by atoms with van der Waals surface area (Å²) in [4.78, 5) is 32.6. The number of rotatable bonds is 9. The van der Waals surface area contributed by atoms with Gasteiger partial charge in [-0.25, -0.2) is 5.43 Å². The summed E-state index contributed by atoms with van der Waals surface area (Å²) >= 11 is 0. The van der Waals surface area contributed by atoms with Crippen LogP contribution in [0.5, 0.6) is 17.2 Å². The zero-order chi connectivity index (χ0) is 24.7. The number of hydrogen-bond donors (Lipinski definition) is 1. The van der Waals surface area contributed by atoms with E-state index in [1.807, 2.05) is 32.0 Å². The summed E-state index contributed by atoms with van der Waals surface area (Å²) in [6.45, 7) is 3.65. The Kier molecular flexibility index (Phi) is 7.49. The van der Waals surface area contributed by atoms with Crippen LogP contribution in [0.3, 0.4) is 0 Å². The van der Waals surface area contributed by atoms with E-state index in [1.165, 1.54) is 12.3 Å². The lowest BCUT2D eigenvalue weighted by Crippen LogP contribution is -2.24. The maximum absolute atomic E-state index is 12.0. The molecule has 0 saturated carbocycles. The molecule has 0 bridgehead atoms. The van der Waals surface area contributed by atoms with Crippen LogP contribution in [0.1, 0.15) is 16.7 Å². The summed E-state index contributed by atoms with van der Waals surface area (Å²) < 4.78 is 11.0. The highest BCUT2D eigenvalue weighted by atomic mass is 16.6. The van der Waals surface area contributed by atoms with Gasteiger partial charge in [0.25, 0.3) is 11.6 Å². The summed E-state index contributed by atoms with van der Waals surface area (Å²) in [5.74, 6) is 0.220. The van der Waals surface area contributed by atoms with Crippen molar-refractivity contribution in [3.05, 3.63) is 97.6 Å². The van der Waals surface area contributed by atoms with Gasteiger partial charge in [0.1, 0.15) is 11.5 Å². The number of carbonyl (C=O) groups is 1. The maximum atomic E-state index is 12.0. The van der Waals surface area contributed by atoms with E-state index in [-0.39, 0.29) is 18.1 Å². The molecule has 0 unspecified atom stereocenters. The number of non-ortho nitro benzene ring substituents is 1. The van der Waals surface area contributed by atoms with Crippen molar-refractivity contribution in [2.45, 2.75) is 13.8 Å². The van der Waals surface area contributed by atoms with Crippen molar-refractivity contribution in [3.8, 4) is 17.2 Å². The van der Waals surface area contributed by atoms with Crippen LogP contribution < -0.4 is 14.9 Å². The molecule has 0 saturated heterocycles. The summed E-state index contributed by atoms with van der Waals surface area (Å²) in [6, 6.07) is 15.1. The molecule has 0 fully saturated rings. The molecule has 0 aliphatic rings. The summed E-state index contributed by atoms with van der Waals surface area (Å²) in [7, 11) is 0. The molecule has 11 nitrogen and oxygen atoms in total. The molecule has 3 aromatic rings. The third-order valence-electron chi connectivity index (χ3n) is 4.40. The molecule has 0 spiro atoms. The minimum atomic E-state index is -0.761. The van der Waals surface area contributed by atoms with Gasteiger partial charge in [-0.05, 0) is 60.9 Å². The number of nitrogens with zero attached hydrogens (tertiary/aromatic N) is 3. The quantitative estimate of drug-likeness (QED) is 0.280. The summed E-state index contributed by atoms with van der Waals surface area (Å²) in [6.07, 6.45) is 1.37. The van der Waals surface area contributed by atoms with Crippen molar-refractivity contribution < 1.29 is 24.1 Å². The number of hydrazone groups is 1. The Hall–Kier alpha value is -4.80. The zero-order valence-corrected chi connectivity index (χ0v) is 18.3. The van der Waals surface area contributed by atoms with Gasteiger partial charge in [-0.3, -0.25) is 25.0 Å². The molecule has 174 valence electrons. The minimum Gasteiger partial charge on any atom is -0.484 e. The van der Waals surface area contributed by atoms with Crippen LogP contribution in [0.15, 0.2) is 65.8 Å². The summed E-state index contributed by atoms with van der Waals surface area (Å²) in [5, 5.41) is 26.0. The maximum Gasteiger partial charge on any atom is 0.318 e. The lowest BCUT2D eigenvalue weighted by atomic mass is 10.1. The molecule has 0 atom stereocenters. The van der Waals surface area contributed by atoms with Crippen LogP contribution in [0.25, 0.3) is 0 Å². The van der Waals surface area contributed by atoms with E-state index in [9.17, 15) is 25.0 Å². The largest absolute Gasteiger partial charge is 0.484 e. The van der Waals surface area contributed by atoms with Crippen LogP contribution in [0, 0.1) is 34.1 Å². The molecule has 0 aromatic heterocycles. The van der Waals surface area contributed by atoms with Gasteiger partial charge in [-0.1, -0.05) is 18.2 Å². The van der Waals surface area contributed by atoms with E-state index in [4.69, 9.17) is 9.47 Å². The Bertz CT molecular complexity index is 1250. The molecule has 1 amide bonds. The first-order chi connectivity index (χ1) is 16.2. The highest BCUT2D eigenvalue weighted by molar-refractivity contribution is 5.83. The second kappa shape index (κ2) is 10.7. The third-order valence-corrected chi connectivity index (χ3v) is 4.40. The van der Waals surface area contributed by atoms with E-state index >= 15 is 0 Å². The van der Waals surface area contributed by atoms with Gasteiger partial charge in [0.15, 0.2) is 6.61 Å². The van der Waals surface area contributed by atoms with Gasteiger partial charge in [0, 0.05) is 6.07 Å². The van der Waals surface area contributed by atoms with E-state index in [0.717, 1.165) is 29.3 Å². The van der Waals surface area contributed by atoms with Crippen molar-refractivity contribution in [1.29, 1.82) is 0 Å². The highest BCUT2D eigenvalue weighted by Gasteiger charge is 2.21. The first-order valence-corrected chi connectivity index (χ1v) is 9.95. The molecule has 0 aliphatic carbocycles. The number of nitro benzene ring substituents is 2. The first-order valence-electron chi connectivity index (χ1n) is 9.95. The SMILES string of the molecule is Cc1cc(C)cc(OCC(=O)N/N=C\c2cccc(Oc3ccc([N+](=O)[O-])cc3[N+](=O)[O-])c2)c1. The zero-order valence-electron chi connectivity index (χ0n) is 18.3. The molecule has 34 heavy (non-hydrogen) atoms. The van der Waals surface area contributed by atoms with E-state index in [0.29, 0.717) is 11.3 Å². The van der Waals surface area contributed by atoms with Crippen LogP contribution >= 0.6 is 0 Å². The van der Waals surface area contributed by atoms with Crippen molar-refractivity contribution in [1.82, 2.24) is 5.43 Å². The van der Waals surface area contributed by atoms with Gasteiger partial charge in [-0.15, -0.1) is 0 Å². The number of amides is 1. The fraction of sp³-hybridized carbons (Fsp3) is 0.130. The molecule has 3 aromatic carbocycles. The second-order valence-corrected chi connectivity index (χ2v) is 7.25. The summed E-state index contributed by atoms with van der Waals surface area (Å²) in [5.41, 5.74) is 3.98. The van der Waals surface area contributed by atoms with Crippen LogP contribution in [0.2, 0.25) is 0 Å². The molecule has 11 heteroatoms. The lowest BCUT2D eigenvalue weighted by molar-refractivity contribution is -0.394. The average molecular weight is 464 g/mol. The van der Waals surface area contributed by atoms with Crippen molar-refractivity contribution >= 4 is 23.5 Å². The number of aryl methyl sites for hydroxylation is 2. The van der Waals surface area contributed by atoms with Crippen LogP contribution in [-0.2, 0) is 4.79 Å². The Labute approximate surface area is 193 Å². The molecular formula is C23H20N4O7. The fourth-order valence-electron chi connectivity index (χ4n) is 3.01. The number of hydrogen-bond acceptors (Lipinski definition) is 8. The van der Waals surface area contributed by atoms with Crippen molar-refractivity contribution in [2.24, 2.45) is 5.10 Å². The van der Waals surface area contributed by atoms with Gasteiger partial charge in [0.2, 0.25) is 5.75 Å². The van der Waals surface area contributed by atoms with E-state index in [1.54, 1.807) is 18.2 Å². The molecule has 3 rings (SSSR count). The van der Waals surface area contributed by atoms with Crippen molar-refractivity contribution in [3.63, 3.8) is 0 Å². The van der Waals surface area contributed by atoms with Gasteiger partial charge >= 0.3 is 5.69 Å². The Morgan fingerprint density at radius 3 is 2.38 bits per heavy atom. The van der Waals surface area contributed by atoms with E-state index in [2.05, 4.69) is 10.5 Å². The normalized spacial score (nSPS) is 10.6. The number of carbonyl (C=O) groups excluding carboxylic acids is 1. The third kappa shape index (κ3) is 6.60. The topological polar surface area (TPSA) is 146 Å². The molecule has 0 aliphatic heterocycles. The standard InChI is InChI=1S/C23H20N4O7/c1-15-8-16(2)10-20(9-15)33-14-23(28)25-24-13-17-4-3-5-19(11-17)34-22-7-6-18(26(29)30)12-21(22)27(31)32/h3-13H,14H2,1-2H3,(H,25,28)/b24-13-. The first kappa shape index (κ1) is 23.9. The second-order valence-electron chi connectivity index (χ2n) is 7.25. The average Bonchev–Trinajstić information content (AvgIpc) is 2.77. The minimum absolute atomic E-state index is 0.151. The lowest BCUT2D eigenvalue weighted by Gasteiger charge is -2.07. The Balaban J connectivity index is 1.61. The van der Waals surface area contributed by atoms with Crippen LogP contribution in [0.4, 0.5) is 11.4 Å². The molecule has 0 radical (unpaired) electrons. The smallest absolute Gasteiger partial charge is 0.318 e. The predicted octanol–water partition coefficient (Wildman–Crippen LogP) is 4.44. The van der Waals surface area contributed by atoms with Crippen molar-refractivity contribution in [2.75, 3.05) is 6.61 Å². The van der Waals surface area contributed by atoms with Gasteiger partial charge in [-0.2, -0.15) is 5.10 Å². The Morgan fingerprint density at radius 2 is 1.71 bits per heavy atom. The number of ether oxygens (including phenoxy) is 2. The molecule has 0 heterocycles.